The lowest BCUT2D eigenvalue weighted by molar-refractivity contribution is -0.139. The van der Waals surface area contributed by atoms with E-state index < -0.39 is 24.1 Å². The number of rotatable bonds is 7. The van der Waals surface area contributed by atoms with Crippen LogP contribution in [-0.4, -0.2) is 42.9 Å². The molecule has 0 heterocycles. The molecule has 96 valence electrons. The zero-order valence-corrected chi connectivity index (χ0v) is 10.0. The molecule has 0 aromatic rings. The van der Waals surface area contributed by atoms with Gasteiger partial charge in [0.2, 0.25) is 0 Å². The number of hydrogen-bond acceptors (Lipinski definition) is 3. The van der Waals surface area contributed by atoms with Crippen LogP contribution in [0.3, 0.4) is 0 Å². The van der Waals surface area contributed by atoms with Gasteiger partial charge in [0.15, 0.2) is 0 Å². The SMILES string of the molecule is C#CC(C)NC(=O)NC(CCCOC)C(=O)O. The van der Waals surface area contributed by atoms with Crippen molar-refractivity contribution in [1.82, 2.24) is 10.6 Å². The fourth-order valence-electron chi connectivity index (χ4n) is 1.13. The molecule has 0 spiro atoms. The molecule has 2 amide bonds. The van der Waals surface area contributed by atoms with Gasteiger partial charge in [-0.3, -0.25) is 0 Å². The predicted molar refractivity (Wildman–Crippen MR) is 62.5 cm³/mol. The maximum atomic E-state index is 11.3. The molecule has 3 N–H and O–H groups in total. The van der Waals surface area contributed by atoms with Crippen LogP contribution in [0.5, 0.6) is 0 Å². The van der Waals surface area contributed by atoms with Gasteiger partial charge in [0.1, 0.15) is 6.04 Å². The number of urea groups is 1. The zero-order valence-electron chi connectivity index (χ0n) is 10.0. The minimum absolute atomic E-state index is 0.307. The molecule has 6 nitrogen and oxygen atoms in total. The number of terminal acetylenes is 1. The van der Waals surface area contributed by atoms with Crippen molar-refractivity contribution >= 4 is 12.0 Å². The van der Waals surface area contributed by atoms with Gasteiger partial charge < -0.3 is 20.5 Å². The molecule has 0 saturated carbocycles. The van der Waals surface area contributed by atoms with E-state index in [9.17, 15) is 9.59 Å². The van der Waals surface area contributed by atoms with Crippen molar-refractivity contribution in [3.05, 3.63) is 0 Å². The third-order valence-electron chi connectivity index (χ3n) is 2.04. The Bertz CT molecular complexity index is 298. The highest BCUT2D eigenvalue weighted by Gasteiger charge is 2.19. The summed E-state index contributed by atoms with van der Waals surface area (Å²) in [5, 5.41) is 13.7. The van der Waals surface area contributed by atoms with Crippen molar-refractivity contribution in [1.29, 1.82) is 0 Å². The fourth-order valence-corrected chi connectivity index (χ4v) is 1.13. The van der Waals surface area contributed by atoms with Crippen LogP contribution < -0.4 is 10.6 Å². The number of carboxylic acids is 1. The third kappa shape index (κ3) is 7.19. The van der Waals surface area contributed by atoms with E-state index in [2.05, 4.69) is 16.6 Å². The first-order valence-electron chi connectivity index (χ1n) is 5.26. The van der Waals surface area contributed by atoms with Crippen LogP contribution in [0.4, 0.5) is 4.79 Å². The Morgan fingerprint density at radius 2 is 2.12 bits per heavy atom. The molecule has 0 aromatic heterocycles. The Hall–Kier alpha value is -1.74. The van der Waals surface area contributed by atoms with Crippen LogP contribution in [0, 0.1) is 12.3 Å². The number of aliphatic carboxylic acids is 1. The topological polar surface area (TPSA) is 87.7 Å². The second-order valence-electron chi connectivity index (χ2n) is 3.53. The van der Waals surface area contributed by atoms with E-state index in [1.54, 1.807) is 6.92 Å². The van der Waals surface area contributed by atoms with Crippen molar-refractivity contribution in [2.75, 3.05) is 13.7 Å². The lowest BCUT2D eigenvalue weighted by atomic mass is 10.1. The minimum atomic E-state index is -1.08. The first-order valence-corrected chi connectivity index (χ1v) is 5.26. The Morgan fingerprint density at radius 3 is 2.59 bits per heavy atom. The van der Waals surface area contributed by atoms with E-state index >= 15 is 0 Å². The summed E-state index contributed by atoms with van der Waals surface area (Å²) in [6.07, 6.45) is 5.94. The van der Waals surface area contributed by atoms with Crippen LogP contribution in [0.1, 0.15) is 19.8 Å². The van der Waals surface area contributed by atoms with Crippen LogP contribution in [0.2, 0.25) is 0 Å². The first kappa shape index (κ1) is 15.3. The Balaban J connectivity index is 4.12. The van der Waals surface area contributed by atoms with E-state index in [4.69, 9.17) is 16.3 Å². The molecule has 17 heavy (non-hydrogen) atoms. The zero-order chi connectivity index (χ0) is 13.3. The monoisotopic (exact) mass is 242 g/mol. The van der Waals surface area contributed by atoms with Crippen molar-refractivity contribution in [3.8, 4) is 12.3 Å². The third-order valence-corrected chi connectivity index (χ3v) is 2.04. The first-order chi connectivity index (χ1) is 8.01. The summed E-state index contributed by atoms with van der Waals surface area (Å²) < 4.78 is 4.81. The van der Waals surface area contributed by atoms with Crippen LogP contribution >= 0.6 is 0 Å². The quantitative estimate of drug-likeness (QED) is 0.439. The fraction of sp³-hybridized carbons (Fsp3) is 0.636. The van der Waals surface area contributed by atoms with Gasteiger partial charge in [-0.1, -0.05) is 5.92 Å². The smallest absolute Gasteiger partial charge is 0.326 e. The molecule has 0 aliphatic heterocycles. The van der Waals surface area contributed by atoms with Crippen molar-refractivity contribution in [3.63, 3.8) is 0 Å². The van der Waals surface area contributed by atoms with Gasteiger partial charge in [0, 0.05) is 13.7 Å². The predicted octanol–water partition coefficient (Wildman–Crippen LogP) is 0.187. The van der Waals surface area contributed by atoms with E-state index in [-0.39, 0.29) is 0 Å². The number of hydrogen-bond donors (Lipinski definition) is 3. The Morgan fingerprint density at radius 1 is 1.47 bits per heavy atom. The summed E-state index contributed by atoms with van der Waals surface area (Å²) in [5.41, 5.74) is 0. The van der Waals surface area contributed by atoms with E-state index in [1.807, 2.05) is 0 Å². The highest BCUT2D eigenvalue weighted by atomic mass is 16.5. The lowest BCUT2D eigenvalue weighted by Crippen LogP contribution is -2.48. The van der Waals surface area contributed by atoms with Crippen LogP contribution in [0.25, 0.3) is 0 Å². The molecule has 2 unspecified atom stereocenters. The number of nitrogens with one attached hydrogen (secondary N) is 2. The summed E-state index contributed by atoms with van der Waals surface area (Å²) in [6.45, 7) is 2.08. The average Bonchev–Trinajstić information content (AvgIpc) is 2.27. The molecule has 6 heteroatoms. The maximum Gasteiger partial charge on any atom is 0.326 e. The highest BCUT2D eigenvalue weighted by molar-refractivity contribution is 5.82. The summed E-state index contributed by atoms with van der Waals surface area (Å²) in [6, 6.07) is -1.96. The van der Waals surface area contributed by atoms with Crippen molar-refractivity contribution in [2.45, 2.75) is 31.8 Å². The molecule has 0 fully saturated rings. The van der Waals surface area contributed by atoms with Gasteiger partial charge in [-0.05, 0) is 19.8 Å². The number of carbonyl (C=O) groups is 2. The average molecular weight is 242 g/mol. The summed E-state index contributed by atoms with van der Waals surface area (Å²) in [7, 11) is 1.53. The number of carboxylic acid groups (broad SMARTS) is 1. The standard InChI is InChI=1S/C11H18N2O4/c1-4-8(2)12-11(16)13-9(10(14)15)6-5-7-17-3/h1,8-9H,5-7H2,2-3H3,(H,14,15)(H2,12,13,16). The summed E-state index contributed by atoms with van der Waals surface area (Å²) >= 11 is 0. The normalized spacial score (nSPS) is 13.2. The second-order valence-corrected chi connectivity index (χ2v) is 3.53. The Kier molecular flexibility index (Phi) is 7.55. The van der Waals surface area contributed by atoms with Gasteiger partial charge in [0.25, 0.3) is 0 Å². The maximum absolute atomic E-state index is 11.3. The largest absolute Gasteiger partial charge is 0.480 e. The summed E-state index contributed by atoms with van der Waals surface area (Å²) in [4.78, 5) is 22.2. The molecular formula is C11H18N2O4. The summed E-state index contributed by atoms with van der Waals surface area (Å²) in [5.74, 6) is 1.23. The van der Waals surface area contributed by atoms with Gasteiger partial charge in [-0.25, -0.2) is 9.59 Å². The van der Waals surface area contributed by atoms with E-state index in [1.165, 1.54) is 7.11 Å². The number of methoxy groups -OCH3 is 1. The lowest BCUT2D eigenvalue weighted by Gasteiger charge is -2.16. The molecule has 2 atom stereocenters. The number of carbonyl (C=O) groups excluding carboxylic acids is 1. The van der Waals surface area contributed by atoms with E-state index in [0.717, 1.165) is 0 Å². The molecule has 0 saturated heterocycles. The molecule has 0 aliphatic carbocycles. The minimum Gasteiger partial charge on any atom is -0.480 e. The van der Waals surface area contributed by atoms with Crippen LogP contribution in [0.15, 0.2) is 0 Å². The molecule has 0 aromatic carbocycles. The number of amides is 2. The van der Waals surface area contributed by atoms with Crippen LogP contribution in [-0.2, 0) is 9.53 Å². The van der Waals surface area contributed by atoms with E-state index in [0.29, 0.717) is 19.4 Å². The second kappa shape index (κ2) is 8.42. The van der Waals surface area contributed by atoms with Gasteiger partial charge >= 0.3 is 12.0 Å². The van der Waals surface area contributed by atoms with Gasteiger partial charge in [0.05, 0.1) is 6.04 Å². The molecular weight excluding hydrogens is 224 g/mol. The van der Waals surface area contributed by atoms with Crippen molar-refractivity contribution in [2.24, 2.45) is 0 Å². The van der Waals surface area contributed by atoms with Gasteiger partial charge in [-0.2, -0.15) is 0 Å². The molecule has 0 aliphatic rings. The molecule has 0 radical (unpaired) electrons. The van der Waals surface area contributed by atoms with Crippen molar-refractivity contribution < 1.29 is 19.4 Å². The highest BCUT2D eigenvalue weighted by Crippen LogP contribution is 1.98. The number of ether oxygens (including phenoxy) is 1. The molecule has 0 rings (SSSR count). The van der Waals surface area contributed by atoms with Gasteiger partial charge in [-0.15, -0.1) is 6.42 Å². The Labute approximate surface area is 101 Å². The molecule has 0 bridgehead atoms.